The largest absolute Gasteiger partial charge is 0.137 e. The van der Waals surface area contributed by atoms with Crippen molar-refractivity contribution in [3.8, 4) is 0 Å². The third-order valence-corrected chi connectivity index (χ3v) is 10.5. The molecule has 0 saturated heterocycles. The molecule has 0 nitrogen and oxygen atoms in total. The second-order valence-electron chi connectivity index (χ2n) is 5.00. The molecule has 3 aromatic carbocycles. The molecule has 0 amide bonds. The summed E-state index contributed by atoms with van der Waals surface area (Å²) in [6, 6.07) is 25.7. The molecular weight excluding hydrogens is 484 g/mol. The van der Waals surface area contributed by atoms with E-state index in [1.54, 1.807) is 0 Å². The molecule has 3 rings (SSSR count). The van der Waals surface area contributed by atoms with Crippen LogP contribution in [0.25, 0.3) is 0 Å². The summed E-state index contributed by atoms with van der Waals surface area (Å²) in [6.45, 7) is 0. The Labute approximate surface area is 157 Å². The maximum atomic E-state index is 3.74. The highest BCUT2D eigenvalue weighted by Crippen LogP contribution is 2.14. The van der Waals surface area contributed by atoms with Gasteiger partial charge in [-0.05, 0) is 33.8 Å². The van der Waals surface area contributed by atoms with E-state index in [4.69, 9.17) is 0 Å². The first kappa shape index (κ1) is 16.2. The van der Waals surface area contributed by atoms with Gasteiger partial charge in [-0.25, -0.2) is 0 Å². The number of halogens is 3. The lowest BCUT2D eigenvalue weighted by Crippen LogP contribution is -2.53. The number of rotatable bonds is 3. The minimum atomic E-state index is -1.57. The van der Waals surface area contributed by atoms with Crippen LogP contribution in [0.3, 0.4) is 0 Å². The van der Waals surface area contributed by atoms with Gasteiger partial charge in [-0.2, -0.15) is 0 Å². The van der Waals surface area contributed by atoms with Crippen molar-refractivity contribution in [2.45, 2.75) is 0 Å². The van der Waals surface area contributed by atoms with Gasteiger partial charge in [-0.1, -0.05) is 102 Å². The minimum absolute atomic E-state index is 1.18. The third kappa shape index (κ3) is 3.30. The summed E-state index contributed by atoms with van der Waals surface area (Å²) in [4.78, 5) is 0. The van der Waals surface area contributed by atoms with Crippen LogP contribution in [0.5, 0.6) is 0 Å². The fraction of sp³-hybridized carbons (Fsp3) is 0. The van der Waals surface area contributed by atoms with Gasteiger partial charge >= 0.3 is 0 Å². The predicted molar refractivity (Wildman–Crippen MR) is 108 cm³/mol. The van der Waals surface area contributed by atoms with E-state index in [0.29, 0.717) is 0 Å². The molecule has 3 aromatic rings. The van der Waals surface area contributed by atoms with Crippen molar-refractivity contribution >= 4 is 72.1 Å². The molecule has 0 atom stereocenters. The second-order valence-corrected chi connectivity index (χ2v) is 10.3. The molecule has 22 heavy (non-hydrogen) atoms. The van der Waals surface area contributed by atoms with Crippen molar-refractivity contribution in [2.24, 2.45) is 0 Å². The first-order chi connectivity index (χ1) is 10.7. The molecule has 0 aliphatic rings. The van der Waals surface area contributed by atoms with Crippen molar-refractivity contribution in [1.29, 1.82) is 0 Å². The lowest BCUT2D eigenvalue weighted by molar-refractivity contribution is 1.65. The van der Waals surface area contributed by atoms with Gasteiger partial charge in [0.05, 0.1) is 0 Å². The zero-order valence-electron chi connectivity index (χ0n) is 11.6. The third-order valence-electron chi connectivity index (χ3n) is 3.65. The minimum Gasteiger partial charge on any atom is -0.0623 e. The smallest absolute Gasteiger partial charge is 0.0623 e. The van der Waals surface area contributed by atoms with Crippen LogP contribution in [-0.4, -0.2) is 8.80 Å². The van der Waals surface area contributed by atoms with Gasteiger partial charge in [0.1, 0.15) is 8.80 Å². The normalized spacial score (nSPS) is 10.9. The van der Waals surface area contributed by atoms with E-state index in [1.807, 2.05) is 0 Å². The Balaban J connectivity index is 2.27. The van der Waals surface area contributed by atoms with E-state index in [1.165, 1.54) is 29.0 Å². The van der Waals surface area contributed by atoms with E-state index >= 15 is 0 Å². The van der Waals surface area contributed by atoms with Gasteiger partial charge < -0.3 is 0 Å². The maximum absolute atomic E-state index is 3.74. The summed E-state index contributed by atoms with van der Waals surface area (Å²) in [7, 11) is -1.57. The Kier molecular flexibility index (Phi) is 5.34. The molecule has 0 unspecified atom stereocenters. The van der Waals surface area contributed by atoms with Crippen LogP contribution >= 0.6 is 47.8 Å². The highest BCUT2D eigenvalue weighted by molar-refractivity contribution is 9.11. The van der Waals surface area contributed by atoms with Gasteiger partial charge in [-0.3, -0.25) is 0 Å². The molecule has 0 radical (unpaired) electrons. The molecule has 0 fully saturated rings. The number of benzene rings is 3. The zero-order valence-corrected chi connectivity index (χ0v) is 17.6. The Morgan fingerprint density at radius 3 is 1.00 bits per heavy atom. The van der Waals surface area contributed by atoms with Crippen molar-refractivity contribution in [1.82, 2.24) is 0 Å². The summed E-state index contributed by atoms with van der Waals surface area (Å²) in [5, 5.41) is 4.17. The van der Waals surface area contributed by atoms with Crippen molar-refractivity contribution < 1.29 is 0 Å². The fourth-order valence-electron chi connectivity index (χ4n) is 2.63. The summed E-state index contributed by atoms with van der Waals surface area (Å²) in [5.41, 5.74) is 0. The van der Waals surface area contributed by atoms with Crippen LogP contribution in [0.15, 0.2) is 86.2 Å². The fourth-order valence-corrected chi connectivity index (χ4v) is 8.58. The lowest BCUT2D eigenvalue weighted by Gasteiger charge is -2.21. The lowest BCUT2D eigenvalue weighted by atomic mass is 10.3. The van der Waals surface area contributed by atoms with E-state index < -0.39 is 8.80 Å². The number of hydrogen-bond donors (Lipinski definition) is 0. The van der Waals surface area contributed by atoms with Crippen LogP contribution < -0.4 is 15.6 Å². The second kappa shape index (κ2) is 7.26. The molecule has 0 N–H and O–H groups in total. The SMILES string of the molecule is Brc1ccccc1[SiH](c1ccccc1Br)c1ccccc1Br. The highest BCUT2D eigenvalue weighted by Gasteiger charge is 2.24. The van der Waals surface area contributed by atoms with Crippen LogP contribution in [0.4, 0.5) is 0 Å². The Bertz CT molecular complexity index is 693. The quantitative estimate of drug-likeness (QED) is 0.376. The highest BCUT2D eigenvalue weighted by atomic mass is 79.9. The molecule has 0 spiro atoms. The average Bonchev–Trinajstić information content (AvgIpc) is 2.53. The molecule has 4 heteroatoms. The van der Waals surface area contributed by atoms with Crippen LogP contribution in [0, 0.1) is 0 Å². The van der Waals surface area contributed by atoms with Crippen molar-refractivity contribution in [3.63, 3.8) is 0 Å². The zero-order chi connectivity index (χ0) is 15.5. The molecule has 0 aromatic heterocycles. The summed E-state index contributed by atoms with van der Waals surface area (Å²) >= 11 is 11.2. The first-order valence-corrected chi connectivity index (χ1v) is 11.0. The molecule has 0 heterocycles. The maximum Gasteiger partial charge on any atom is 0.137 e. The molecule has 0 saturated carbocycles. The van der Waals surface area contributed by atoms with Crippen molar-refractivity contribution in [2.75, 3.05) is 0 Å². The Morgan fingerprint density at radius 1 is 0.455 bits per heavy atom. The van der Waals surface area contributed by atoms with E-state index in [0.717, 1.165) is 0 Å². The van der Waals surface area contributed by atoms with Gasteiger partial charge in [0, 0.05) is 13.4 Å². The van der Waals surface area contributed by atoms with E-state index in [9.17, 15) is 0 Å². The average molecular weight is 497 g/mol. The van der Waals surface area contributed by atoms with E-state index in [2.05, 4.69) is 121 Å². The molecular formula is C18H13Br3Si. The predicted octanol–water partition coefficient (Wildman–Crippen LogP) is 4.22. The first-order valence-electron chi connectivity index (χ1n) is 6.92. The Morgan fingerprint density at radius 2 is 0.727 bits per heavy atom. The van der Waals surface area contributed by atoms with Gasteiger partial charge in [-0.15, -0.1) is 0 Å². The Hall–Kier alpha value is -0.683. The standard InChI is InChI=1S/C18H13Br3Si/c19-13-7-1-4-10-16(13)22(17-11-5-2-8-14(17)20)18-12-6-3-9-15(18)21/h1-12,22H. The monoisotopic (exact) mass is 494 g/mol. The number of hydrogen-bond acceptors (Lipinski definition) is 0. The molecule has 0 bridgehead atoms. The molecule has 0 aliphatic heterocycles. The summed E-state index contributed by atoms with van der Waals surface area (Å²) in [6.07, 6.45) is 0. The molecule has 110 valence electrons. The van der Waals surface area contributed by atoms with Crippen LogP contribution in [0.1, 0.15) is 0 Å². The summed E-state index contributed by atoms with van der Waals surface area (Å²) < 4.78 is 3.54. The van der Waals surface area contributed by atoms with Gasteiger partial charge in [0.2, 0.25) is 0 Å². The van der Waals surface area contributed by atoms with Crippen molar-refractivity contribution in [3.05, 3.63) is 86.2 Å². The van der Waals surface area contributed by atoms with Crippen LogP contribution in [-0.2, 0) is 0 Å². The summed E-state index contributed by atoms with van der Waals surface area (Å²) in [5.74, 6) is 0. The van der Waals surface area contributed by atoms with Gasteiger partial charge in [0.15, 0.2) is 0 Å². The van der Waals surface area contributed by atoms with Gasteiger partial charge in [0.25, 0.3) is 0 Å². The molecule has 0 aliphatic carbocycles. The van der Waals surface area contributed by atoms with E-state index in [-0.39, 0.29) is 0 Å². The topological polar surface area (TPSA) is 0 Å². The van der Waals surface area contributed by atoms with Crippen LogP contribution in [0.2, 0.25) is 0 Å².